The molecule has 0 N–H and O–H groups in total. The van der Waals surface area contributed by atoms with Crippen LogP contribution >= 0.6 is 34.2 Å². The monoisotopic (exact) mass is 417 g/mol. The van der Waals surface area contributed by atoms with E-state index in [0.29, 0.717) is 29.1 Å². The Morgan fingerprint density at radius 3 is 2.90 bits per heavy atom. The zero-order chi connectivity index (χ0) is 15.0. The summed E-state index contributed by atoms with van der Waals surface area (Å²) in [4.78, 5) is 16.5. The molecule has 1 aliphatic rings. The zero-order valence-electron chi connectivity index (χ0n) is 11.4. The van der Waals surface area contributed by atoms with Crippen LogP contribution in [0.4, 0.5) is 0 Å². The summed E-state index contributed by atoms with van der Waals surface area (Å²) in [6.07, 6.45) is 2.07. The molecule has 1 aliphatic carbocycles. The van der Waals surface area contributed by atoms with E-state index in [4.69, 9.17) is 20.8 Å². The van der Waals surface area contributed by atoms with Gasteiger partial charge in [0.05, 0.1) is 17.3 Å². The SMILES string of the molecule is CCOC(=O)c1oc(-c2ccc(I)c(Cl)c2)nc1C1CC1. The summed E-state index contributed by atoms with van der Waals surface area (Å²) in [5.74, 6) is 0.498. The van der Waals surface area contributed by atoms with Gasteiger partial charge >= 0.3 is 5.97 Å². The number of aromatic nitrogens is 1. The number of ether oxygens (including phenoxy) is 1. The molecule has 0 atom stereocenters. The van der Waals surface area contributed by atoms with E-state index in [1.807, 2.05) is 12.1 Å². The molecule has 1 heterocycles. The highest BCUT2D eigenvalue weighted by atomic mass is 127. The lowest BCUT2D eigenvalue weighted by molar-refractivity contribution is 0.0489. The number of carbonyl (C=O) groups is 1. The molecule has 6 heteroatoms. The molecule has 0 amide bonds. The van der Waals surface area contributed by atoms with Crippen molar-refractivity contribution in [2.45, 2.75) is 25.7 Å². The second-order valence-electron chi connectivity index (χ2n) is 4.86. The fraction of sp³-hybridized carbons (Fsp3) is 0.333. The molecule has 0 saturated heterocycles. The predicted octanol–water partition coefficient (Wildman–Crippen LogP) is 4.65. The van der Waals surface area contributed by atoms with Crippen molar-refractivity contribution >= 4 is 40.2 Å². The van der Waals surface area contributed by atoms with E-state index in [0.717, 1.165) is 22.0 Å². The van der Waals surface area contributed by atoms with Crippen molar-refractivity contribution in [1.29, 1.82) is 0 Å². The Morgan fingerprint density at radius 2 is 2.29 bits per heavy atom. The van der Waals surface area contributed by atoms with Gasteiger partial charge in [-0.2, -0.15) is 0 Å². The molecule has 0 bridgehead atoms. The number of carbonyl (C=O) groups excluding carboxylic acids is 1. The molecule has 21 heavy (non-hydrogen) atoms. The van der Waals surface area contributed by atoms with Gasteiger partial charge in [-0.1, -0.05) is 11.6 Å². The third kappa shape index (κ3) is 3.08. The van der Waals surface area contributed by atoms with Gasteiger partial charge in [0.1, 0.15) is 0 Å². The summed E-state index contributed by atoms with van der Waals surface area (Å²) >= 11 is 8.29. The maximum absolute atomic E-state index is 12.0. The number of halogens is 2. The highest BCUT2D eigenvalue weighted by molar-refractivity contribution is 14.1. The van der Waals surface area contributed by atoms with Gasteiger partial charge in [0, 0.05) is 15.1 Å². The van der Waals surface area contributed by atoms with Gasteiger partial charge in [-0.25, -0.2) is 9.78 Å². The minimum atomic E-state index is -0.449. The van der Waals surface area contributed by atoms with Crippen molar-refractivity contribution in [1.82, 2.24) is 4.98 Å². The lowest BCUT2D eigenvalue weighted by Crippen LogP contribution is -2.05. The third-order valence-corrected chi connectivity index (χ3v) is 4.82. The molecule has 1 aromatic heterocycles. The average Bonchev–Trinajstić information content (AvgIpc) is 3.21. The maximum Gasteiger partial charge on any atom is 0.376 e. The molecule has 0 aliphatic heterocycles. The molecule has 3 rings (SSSR count). The van der Waals surface area contributed by atoms with Crippen LogP contribution in [-0.2, 0) is 4.74 Å². The fourth-order valence-electron chi connectivity index (χ4n) is 2.06. The summed E-state index contributed by atoms with van der Waals surface area (Å²) in [5, 5.41) is 0.636. The first-order valence-corrected chi connectivity index (χ1v) is 8.19. The second-order valence-corrected chi connectivity index (χ2v) is 6.43. The first kappa shape index (κ1) is 14.8. The van der Waals surface area contributed by atoms with Gasteiger partial charge in [0.15, 0.2) is 0 Å². The van der Waals surface area contributed by atoms with Crippen LogP contribution in [0, 0.1) is 3.57 Å². The zero-order valence-corrected chi connectivity index (χ0v) is 14.3. The van der Waals surface area contributed by atoms with Crippen LogP contribution in [0.2, 0.25) is 5.02 Å². The van der Waals surface area contributed by atoms with E-state index < -0.39 is 5.97 Å². The quantitative estimate of drug-likeness (QED) is 0.536. The maximum atomic E-state index is 12.0. The van der Waals surface area contributed by atoms with Crippen molar-refractivity contribution in [3.63, 3.8) is 0 Å². The van der Waals surface area contributed by atoms with Crippen LogP contribution in [0.5, 0.6) is 0 Å². The number of nitrogens with zero attached hydrogens (tertiary/aromatic N) is 1. The highest BCUT2D eigenvalue weighted by Gasteiger charge is 2.34. The molecule has 1 fully saturated rings. The van der Waals surface area contributed by atoms with Crippen molar-refractivity contribution in [3.8, 4) is 11.5 Å². The van der Waals surface area contributed by atoms with E-state index in [1.54, 1.807) is 13.0 Å². The molecular formula is C15H13ClINO3. The van der Waals surface area contributed by atoms with E-state index >= 15 is 0 Å². The van der Waals surface area contributed by atoms with Gasteiger partial charge in [-0.15, -0.1) is 0 Å². The minimum Gasteiger partial charge on any atom is -0.460 e. The van der Waals surface area contributed by atoms with Crippen LogP contribution in [0.1, 0.15) is 41.9 Å². The molecular weight excluding hydrogens is 405 g/mol. The number of oxazole rings is 1. The summed E-state index contributed by atoms with van der Waals surface area (Å²) < 4.78 is 11.7. The Balaban J connectivity index is 2.01. The van der Waals surface area contributed by atoms with Gasteiger partial charge in [-0.05, 0) is 60.6 Å². The second kappa shape index (κ2) is 5.96. The van der Waals surface area contributed by atoms with Crippen molar-refractivity contribution in [3.05, 3.63) is 38.2 Å². The smallest absolute Gasteiger partial charge is 0.376 e. The topological polar surface area (TPSA) is 52.3 Å². The molecule has 0 radical (unpaired) electrons. The summed E-state index contributed by atoms with van der Waals surface area (Å²) in [6.45, 7) is 2.08. The third-order valence-electron chi connectivity index (χ3n) is 3.24. The first-order valence-electron chi connectivity index (χ1n) is 6.73. The van der Waals surface area contributed by atoms with E-state index in [9.17, 15) is 4.79 Å². The standard InChI is InChI=1S/C15H13ClINO3/c1-2-20-15(19)13-12(8-3-4-8)18-14(21-13)9-5-6-11(17)10(16)7-9/h5-8H,2-4H2,1H3. The molecule has 1 aromatic carbocycles. The fourth-order valence-corrected chi connectivity index (χ4v) is 2.58. The Hall–Kier alpha value is -1.08. The van der Waals surface area contributed by atoms with Gasteiger partial charge in [0.2, 0.25) is 11.7 Å². The Morgan fingerprint density at radius 1 is 1.52 bits per heavy atom. The van der Waals surface area contributed by atoms with Crippen LogP contribution in [0.15, 0.2) is 22.6 Å². The Bertz CT molecular complexity index is 694. The van der Waals surface area contributed by atoms with Gasteiger partial charge < -0.3 is 9.15 Å². The highest BCUT2D eigenvalue weighted by Crippen LogP contribution is 2.42. The lowest BCUT2D eigenvalue weighted by atomic mass is 10.2. The average molecular weight is 418 g/mol. The van der Waals surface area contributed by atoms with Crippen LogP contribution in [0.3, 0.4) is 0 Å². The number of esters is 1. The summed E-state index contributed by atoms with van der Waals surface area (Å²) in [7, 11) is 0. The van der Waals surface area contributed by atoms with Gasteiger partial charge in [-0.3, -0.25) is 0 Å². The van der Waals surface area contributed by atoms with Gasteiger partial charge in [0.25, 0.3) is 0 Å². The number of benzene rings is 1. The lowest BCUT2D eigenvalue weighted by Gasteiger charge is -1.99. The molecule has 0 unspecified atom stereocenters. The number of rotatable bonds is 4. The predicted molar refractivity (Wildman–Crippen MR) is 87.6 cm³/mol. The normalized spacial score (nSPS) is 14.2. The Kier molecular flexibility index (Phi) is 4.21. The van der Waals surface area contributed by atoms with Crippen LogP contribution in [0.25, 0.3) is 11.5 Å². The first-order chi connectivity index (χ1) is 10.1. The molecule has 1 saturated carbocycles. The largest absolute Gasteiger partial charge is 0.460 e. The van der Waals surface area contributed by atoms with E-state index in [-0.39, 0.29) is 5.76 Å². The Labute approximate surface area is 141 Å². The van der Waals surface area contributed by atoms with E-state index in [1.165, 1.54) is 0 Å². The van der Waals surface area contributed by atoms with Crippen molar-refractivity contribution in [2.75, 3.05) is 6.61 Å². The van der Waals surface area contributed by atoms with Crippen LogP contribution < -0.4 is 0 Å². The van der Waals surface area contributed by atoms with E-state index in [2.05, 4.69) is 27.6 Å². The molecule has 110 valence electrons. The van der Waals surface area contributed by atoms with Crippen LogP contribution in [-0.4, -0.2) is 17.6 Å². The summed E-state index contributed by atoms with van der Waals surface area (Å²) in [6, 6.07) is 5.56. The molecule has 4 nitrogen and oxygen atoms in total. The molecule has 0 spiro atoms. The molecule has 2 aromatic rings. The summed E-state index contributed by atoms with van der Waals surface area (Å²) in [5.41, 5.74) is 1.47. The number of hydrogen-bond acceptors (Lipinski definition) is 4. The minimum absolute atomic E-state index is 0.226. The number of hydrogen-bond donors (Lipinski definition) is 0. The van der Waals surface area contributed by atoms with Crippen molar-refractivity contribution in [2.24, 2.45) is 0 Å². The van der Waals surface area contributed by atoms with Crippen molar-refractivity contribution < 1.29 is 13.9 Å².